The van der Waals surface area contributed by atoms with E-state index >= 15 is 0 Å². The summed E-state index contributed by atoms with van der Waals surface area (Å²) >= 11 is 0. The van der Waals surface area contributed by atoms with E-state index in [4.69, 9.17) is 20.8 Å². The quantitative estimate of drug-likeness (QED) is 0.285. The van der Waals surface area contributed by atoms with Gasteiger partial charge < -0.3 is 21.5 Å². The van der Waals surface area contributed by atoms with Crippen LogP contribution in [0.15, 0.2) is 18.2 Å². The lowest BCUT2D eigenvalue weighted by Crippen LogP contribution is -2.41. The third kappa shape index (κ3) is 8.66. The number of amides is 1. The second kappa shape index (κ2) is 12.4. The fourth-order valence-electron chi connectivity index (χ4n) is 5.19. The van der Waals surface area contributed by atoms with E-state index < -0.39 is 40.0 Å². The van der Waals surface area contributed by atoms with Gasteiger partial charge in [0.05, 0.1) is 30.1 Å². The number of halogens is 3. The molecule has 6 N–H and O–H groups in total. The van der Waals surface area contributed by atoms with Crippen molar-refractivity contribution in [3.05, 3.63) is 40.7 Å². The maximum absolute atomic E-state index is 13.8. The Morgan fingerprint density at radius 2 is 1.88 bits per heavy atom. The summed E-state index contributed by atoms with van der Waals surface area (Å²) in [7, 11) is -3.67. The fourth-order valence-corrected chi connectivity index (χ4v) is 5.19. The molecule has 4 rings (SSSR count). The number of anilines is 1. The second-order valence-electron chi connectivity index (χ2n) is 11.1. The molecule has 0 radical (unpaired) electrons. The second-order valence-corrected chi connectivity index (χ2v) is 12.6. The summed E-state index contributed by atoms with van der Waals surface area (Å²) in [5, 5.41) is 7.26. The first kappa shape index (κ1) is 32.3. The topological polar surface area (TPSA) is 180 Å². The van der Waals surface area contributed by atoms with Gasteiger partial charge in [0.15, 0.2) is 5.69 Å². The highest BCUT2D eigenvalue weighted by Gasteiger charge is 2.42. The van der Waals surface area contributed by atoms with Crippen LogP contribution in [0.4, 0.5) is 18.9 Å². The lowest BCUT2D eigenvalue weighted by atomic mass is 9.76. The van der Waals surface area contributed by atoms with E-state index in [0.29, 0.717) is 49.0 Å². The van der Waals surface area contributed by atoms with Crippen LogP contribution in [-0.4, -0.2) is 59.6 Å². The number of aromatic nitrogens is 2. The lowest BCUT2D eigenvalue weighted by molar-refractivity contribution is -0.149. The Morgan fingerprint density at radius 3 is 2.46 bits per heavy atom. The van der Waals surface area contributed by atoms with Crippen LogP contribution in [-0.2, 0) is 38.7 Å². The largest absolute Gasteiger partial charge is 0.459 e. The third-order valence-corrected chi connectivity index (χ3v) is 7.06. The zero-order valence-electron chi connectivity index (χ0n) is 23.1. The van der Waals surface area contributed by atoms with Gasteiger partial charge in [-0.2, -0.15) is 26.7 Å². The SMILES string of the molecule is CC1(C)CCc2c(C(F)(F)F)nn(-c3ccc(C(N)=O)c(N[C@H]4CCCC[C@@H]4OC(=O)CN)c3)c2C1.CS(=O)(=O)O. The van der Waals surface area contributed by atoms with Crippen molar-refractivity contribution in [2.45, 2.75) is 77.1 Å². The van der Waals surface area contributed by atoms with E-state index in [1.165, 1.54) is 10.7 Å². The van der Waals surface area contributed by atoms with E-state index in [-0.39, 0.29) is 35.5 Å². The summed E-state index contributed by atoms with van der Waals surface area (Å²) in [6.07, 6.45) is 0.112. The van der Waals surface area contributed by atoms with Gasteiger partial charge in [-0.25, -0.2) is 4.68 Å². The average molecular weight is 604 g/mol. The van der Waals surface area contributed by atoms with Crippen LogP contribution in [0.25, 0.3) is 5.69 Å². The normalized spacial score (nSPS) is 20.3. The summed E-state index contributed by atoms with van der Waals surface area (Å²) in [5.41, 5.74) is 11.6. The van der Waals surface area contributed by atoms with Gasteiger partial charge in [-0.15, -0.1) is 0 Å². The molecule has 2 atom stereocenters. The van der Waals surface area contributed by atoms with E-state index in [0.717, 1.165) is 12.8 Å². The van der Waals surface area contributed by atoms with Crippen LogP contribution in [0, 0.1) is 5.41 Å². The molecule has 0 aliphatic heterocycles. The molecular formula is C26H36F3N5O6S. The number of alkyl halides is 3. The number of ether oxygens (including phenoxy) is 1. The molecule has 1 aromatic heterocycles. The first-order valence-electron chi connectivity index (χ1n) is 13.1. The maximum atomic E-state index is 13.8. The molecule has 228 valence electrons. The molecule has 0 saturated heterocycles. The Balaban J connectivity index is 0.000000850. The van der Waals surface area contributed by atoms with E-state index in [1.54, 1.807) is 12.1 Å². The summed E-state index contributed by atoms with van der Waals surface area (Å²) < 4.78 is 74.2. The monoisotopic (exact) mass is 603 g/mol. The van der Waals surface area contributed by atoms with Crippen molar-refractivity contribution in [2.75, 3.05) is 18.1 Å². The van der Waals surface area contributed by atoms with Crippen molar-refractivity contribution in [1.82, 2.24) is 9.78 Å². The Kier molecular flexibility index (Phi) is 9.76. The van der Waals surface area contributed by atoms with Crippen molar-refractivity contribution < 1.29 is 40.5 Å². The molecule has 15 heteroatoms. The van der Waals surface area contributed by atoms with Crippen molar-refractivity contribution in [3.8, 4) is 5.69 Å². The fraction of sp³-hybridized carbons (Fsp3) is 0.577. The molecule has 0 spiro atoms. The number of hydrogen-bond donors (Lipinski definition) is 4. The lowest BCUT2D eigenvalue weighted by Gasteiger charge is -2.33. The molecule has 2 aromatic rings. The summed E-state index contributed by atoms with van der Waals surface area (Å²) in [6, 6.07) is 4.32. The first-order valence-corrected chi connectivity index (χ1v) is 14.9. The van der Waals surface area contributed by atoms with Gasteiger partial charge in [-0.1, -0.05) is 20.3 Å². The Hall–Kier alpha value is -3.17. The summed E-state index contributed by atoms with van der Waals surface area (Å²) in [5.74, 6) is -1.21. The molecule has 1 aromatic carbocycles. The van der Waals surface area contributed by atoms with Gasteiger partial charge >= 0.3 is 12.1 Å². The number of fused-ring (bicyclic) bond motifs is 1. The molecule has 2 aliphatic carbocycles. The highest BCUT2D eigenvalue weighted by atomic mass is 32.2. The van der Waals surface area contributed by atoms with E-state index in [2.05, 4.69) is 10.4 Å². The zero-order valence-corrected chi connectivity index (χ0v) is 23.9. The number of nitrogens with zero attached hydrogens (tertiary/aromatic N) is 2. The average Bonchev–Trinajstić information content (AvgIpc) is 3.22. The molecule has 0 unspecified atom stereocenters. The minimum atomic E-state index is -4.58. The molecule has 1 heterocycles. The van der Waals surface area contributed by atoms with Gasteiger partial charge in [0.2, 0.25) is 0 Å². The number of rotatable bonds is 6. The number of nitrogens with two attached hydrogens (primary N) is 2. The smallest absolute Gasteiger partial charge is 0.435 e. The summed E-state index contributed by atoms with van der Waals surface area (Å²) in [6.45, 7) is 3.80. The molecule has 1 fully saturated rings. The van der Waals surface area contributed by atoms with Gasteiger partial charge in [0, 0.05) is 16.9 Å². The maximum Gasteiger partial charge on any atom is 0.435 e. The number of hydrogen-bond acceptors (Lipinski definition) is 8. The van der Waals surface area contributed by atoms with E-state index in [9.17, 15) is 31.2 Å². The van der Waals surface area contributed by atoms with Gasteiger partial charge in [-0.3, -0.25) is 14.1 Å². The van der Waals surface area contributed by atoms with Gasteiger partial charge in [0.25, 0.3) is 16.0 Å². The highest BCUT2D eigenvalue weighted by molar-refractivity contribution is 7.85. The molecule has 1 saturated carbocycles. The molecule has 41 heavy (non-hydrogen) atoms. The predicted octanol–water partition coefficient (Wildman–Crippen LogP) is 3.23. The number of primary amides is 1. The van der Waals surface area contributed by atoms with Crippen LogP contribution in [0.2, 0.25) is 0 Å². The standard InChI is InChI=1S/C25H32F3N5O3.CH4O3S/c1-24(2)10-9-16-19(12-24)33(32-22(16)25(26,27)28)14-7-8-15(23(30)35)18(11-14)31-17-5-3-4-6-20(17)36-21(34)13-29;1-5(2,3)4/h7-8,11,17,20,31H,3-6,9-10,12-13,29H2,1-2H3,(H2,30,35);1H3,(H,2,3,4)/t17-,20-;/m0./s1. The summed E-state index contributed by atoms with van der Waals surface area (Å²) in [4.78, 5) is 24.0. The molecule has 11 nitrogen and oxygen atoms in total. The predicted molar refractivity (Wildman–Crippen MR) is 145 cm³/mol. The van der Waals surface area contributed by atoms with Crippen molar-refractivity contribution >= 4 is 27.7 Å². The van der Waals surface area contributed by atoms with Crippen LogP contribution in [0.5, 0.6) is 0 Å². The van der Waals surface area contributed by atoms with Gasteiger partial charge in [-0.05, 0) is 62.1 Å². The number of carbonyl (C=O) groups is 2. The molecule has 2 aliphatic rings. The number of esters is 1. The number of nitrogens with one attached hydrogen (secondary N) is 1. The van der Waals surface area contributed by atoms with Crippen LogP contribution in [0.3, 0.4) is 0 Å². The minimum Gasteiger partial charge on any atom is -0.459 e. The Morgan fingerprint density at radius 1 is 1.24 bits per heavy atom. The van der Waals surface area contributed by atoms with Gasteiger partial charge in [0.1, 0.15) is 6.10 Å². The van der Waals surface area contributed by atoms with Crippen molar-refractivity contribution in [3.63, 3.8) is 0 Å². The minimum absolute atomic E-state index is 0.177. The zero-order chi connectivity index (χ0) is 30.8. The number of carbonyl (C=O) groups excluding carboxylic acids is 2. The molecular weight excluding hydrogens is 567 g/mol. The molecule has 1 amide bonds. The highest BCUT2D eigenvalue weighted by Crippen LogP contribution is 2.42. The molecule has 0 bridgehead atoms. The Labute approximate surface area is 236 Å². The van der Waals surface area contributed by atoms with Crippen LogP contribution >= 0.6 is 0 Å². The first-order chi connectivity index (χ1) is 18.9. The van der Waals surface area contributed by atoms with Crippen LogP contribution < -0.4 is 16.8 Å². The van der Waals surface area contributed by atoms with Crippen molar-refractivity contribution in [1.29, 1.82) is 0 Å². The van der Waals surface area contributed by atoms with E-state index in [1.807, 2.05) is 13.8 Å². The van der Waals surface area contributed by atoms with Crippen LogP contribution in [0.1, 0.15) is 73.3 Å². The van der Waals surface area contributed by atoms with Crippen molar-refractivity contribution in [2.24, 2.45) is 16.9 Å². The third-order valence-electron chi connectivity index (χ3n) is 7.06. The number of benzene rings is 1. The Bertz CT molecular complexity index is 1380.